The summed E-state index contributed by atoms with van der Waals surface area (Å²) in [7, 11) is 2.96. The van der Waals surface area contributed by atoms with E-state index in [1.807, 2.05) is 26.8 Å². The van der Waals surface area contributed by atoms with Crippen LogP contribution in [0.3, 0.4) is 0 Å². The van der Waals surface area contributed by atoms with Crippen LogP contribution in [0.5, 0.6) is 17.4 Å². The molecule has 3 rings (SSSR count). The Balaban J connectivity index is 1.66. The van der Waals surface area contributed by atoms with Crippen LogP contribution in [0.25, 0.3) is 0 Å². The van der Waals surface area contributed by atoms with Crippen molar-refractivity contribution in [3.63, 3.8) is 0 Å². The fraction of sp³-hybridized carbons (Fsp3) is 0.524. The number of aryl methyl sites for hydroxylation is 2. The molecule has 0 bridgehead atoms. The second-order valence-electron chi connectivity index (χ2n) is 7.26. The van der Waals surface area contributed by atoms with Gasteiger partial charge in [0.25, 0.3) is 5.88 Å². The van der Waals surface area contributed by atoms with Crippen molar-refractivity contribution in [2.45, 2.75) is 45.8 Å². The van der Waals surface area contributed by atoms with Gasteiger partial charge in [-0.2, -0.15) is 0 Å². The zero-order valence-electron chi connectivity index (χ0n) is 17.5. The summed E-state index contributed by atoms with van der Waals surface area (Å²) in [6.07, 6.45) is 1.69. The highest BCUT2D eigenvalue weighted by Crippen LogP contribution is 2.34. The molecule has 0 aromatic carbocycles. The van der Waals surface area contributed by atoms with E-state index >= 15 is 0 Å². The number of ether oxygens (including phenoxy) is 3. The fourth-order valence-corrected chi connectivity index (χ4v) is 3.79. The van der Waals surface area contributed by atoms with Crippen LogP contribution in [0.4, 0.5) is 4.39 Å². The lowest BCUT2D eigenvalue weighted by Crippen LogP contribution is -2.40. The number of likely N-dealkylation sites (tertiary alicyclic amines) is 1. The quantitative estimate of drug-likeness (QED) is 0.681. The summed E-state index contributed by atoms with van der Waals surface area (Å²) >= 11 is 6.34. The van der Waals surface area contributed by atoms with Crippen LogP contribution < -0.4 is 14.2 Å². The third-order valence-electron chi connectivity index (χ3n) is 5.28. The molecule has 0 saturated carbocycles. The third kappa shape index (κ3) is 4.73. The molecule has 1 aliphatic rings. The number of rotatable bonds is 6. The number of pyridine rings is 2. The third-order valence-corrected chi connectivity index (χ3v) is 5.74. The lowest BCUT2D eigenvalue weighted by atomic mass is 10.0. The monoisotopic (exact) mass is 423 g/mol. The van der Waals surface area contributed by atoms with Crippen molar-refractivity contribution in [1.29, 1.82) is 0 Å². The predicted molar refractivity (Wildman–Crippen MR) is 110 cm³/mol. The van der Waals surface area contributed by atoms with Crippen molar-refractivity contribution in [2.75, 3.05) is 27.3 Å². The van der Waals surface area contributed by atoms with Crippen LogP contribution in [0.15, 0.2) is 12.1 Å². The summed E-state index contributed by atoms with van der Waals surface area (Å²) < 4.78 is 31.1. The number of methoxy groups -OCH3 is 2. The Morgan fingerprint density at radius 2 is 1.79 bits per heavy atom. The van der Waals surface area contributed by atoms with Gasteiger partial charge in [0.05, 0.1) is 31.6 Å². The molecule has 2 aromatic heterocycles. The first-order valence-electron chi connectivity index (χ1n) is 9.66. The van der Waals surface area contributed by atoms with E-state index in [1.54, 1.807) is 0 Å². The molecule has 3 heterocycles. The zero-order chi connectivity index (χ0) is 21.1. The van der Waals surface area contributed by atoms with Gasteiger partial charge in [-0.15, -0.1) is 0 Å². The van der Waals surface area contributed by atoms with Gasteiger partial charge in [0.15, 0.2) is 5.75 Å². The number of hydrogen-bond acceptors (Lipinski definition) is 6. The highest BCUT2D eigenvalue weighted by Gasteiger charge is 2.28. The van der Waals surface area contributed by atoms with Crippen molar-refractivity contribution >= 4 is 11.6 Å². The lowest BCUT2D eigenvalue weighted by molar-refractivity contribution is 0.0773. The number of halogens is 2. The average molecular weight is 424 g/mol. The molecular weight excluding hydrogens is 397 g/mol. The normalized spacial score (nSPS) is 16.5. The Bertz CT molecular complexity index is 873. The molecule has 6 nitrogen and oxygen atoms in total. The zero-order valence-corrected chi connectivity index (χ0v) is 18.2. The van der Waals surface area contributed by atoms with E-state index in [0.29, 0.717) is 16.5 Å². The minimum absolute atomic E-state index is 0.0559. The number of hydrogen-bond donors (Lipinski definition) is 0. The lowest BCUT2D eigenvalue weighted by Gasteiger charge is -2.36. The van der Waals surface area contributed by atoms with Gasteiger partial charge in [-0.05, 0) is 33.6 Å². The van der Waals surface area contributed by atoms with Crippen LogP contribution in [-0.4, -0.2) is 48.3 Å². The maximum absolute atomic E-state index is 14.6. The smallest absolute Gasteiger partial charge is 0.257 e. The fourth-order valence-electron chi connectivity index (χ4n) is 3.65. The summed E-state index contributed by atoms with van der Waals surface area (Å²) in [6.45, 7) is 7.27. The first kappa shape index (κ1) is 21.6. The summed E-state index contributed by atoms with van der Waals surface area (Å²) in [6, 6.07) is 3.00. The minimum Gasteiger partial charge on any atom is -0.491 e. The van der Waals surface area contributed by atoms with Crippen molar-refractivity contribution < 1.29 is 18.6 Å². The number of piperidine rings is 1. The van der Waals surface area contributed by atoms with Gasteiger partial charge >= 0.3 is 0 Å². The van der Waals surface area contributed by atoms with E-state index in [4.69, 9.17) is 25.8 Å². The molecule has 0 aliphatic carbocycles. The van der Waals surface area contributed by atoms with Crippen LogP contribution in [0, 0.1) is 19.7 Å². The number of aromatic nitrogens is 2. The largest absolute Gasteiger partial charge is 0.491 e. The second-order valence-corrected chi connectivity index (χ2v) is 7.64. The first-order chi connectivity index (χ1) is 13.8. The van der Waals surface area contributed by atoms with Gasteiger partial charge in [-0.3, -0.25) is 9.88 Å². The maximum Gasteiger partial charge on any atom is 0.257 e. The van der Waals surface area contributed by atoms with Crippen LogP contribution in [0.2, 0.25) is 5.02 Å². The summed E-state index contributed by atoms with van der Waals surface area (Å²) in [5, 5.41) is 0.558. The van der Waals surface area contributed by atoms with Crippen LogP contribution >= 0.6 is 11.6 Å². The average Bonchev–Trinajstić information content (AvgIpc) is 2.71. The molecule has 0 amide bonds. The minimum atomic E-state index is -0.400. The van der Waals surface area contributed by atoms with Gasteiger partial charge in [0.2, 0.25) is 0 Å². The van der Waals surface area contributed by atoms with E-state index < -0.39 is 5.82 Å². The van der Waals surface area contributed by atoms with Gasteiger partial charge < -0.3 is 14.2 Å². The summed E-state index contributed by atoms with van der Waals surface area (Å²) in [5.74, 6) is 0.846. The molecule has 0 N–H and O–H groups in total. The maximum atomic E-state index is 14.6. The van der Waals surface area contributed by atoms with Crippen molar-refractivity contribution in [3.8, 4) is 17.4 Å². The molecule has 2 aromatic rings. The van der Waals surface area contributed by atoms with Gasteiger partial charge in [0, 0.05) is 30.9 Å². The van der Waals surface area contributed by atoms with Crippen molar-refractivity contribution in [1.82, 2.24) is 14.9 Å². The summed E-state index contributed by atoms with van der Waals surface area (Å²) in [4.78, 5) is 10.9. The second kappa shape index (κ2) is 9.13. The highest BCUT2D eigenvalue weighted by atomic mass is 35.5. The Hall–Kier alpha value is -2.12. The van der Waals surface area contributed by atoms with E-state index in [2.05, 4.69) is 14.9 Å². The highest BCUT2D eigenvalue weighted by molar-refractivity contribution is 6.32. The van der Waals surface area contributed by atoms with E-state index in [0.717, 1.165) is 37.3 Å². The topological polar surface area (TPSA) is 56.7 Å². The molecular formula is C21H27ClFN3O3. The van der Waals surface area contributed by atoms with Crippen LogP contribution in [-0.2, 0) is 0 Å². The molecule has 1 atom stereocenters. The van der Waals surface area contributed by atoms with Crippen molar-refractivity contribution in [3.05, 3.63) is 40.1 Å². The molecule has 158 valence electrons. The molecule has 1 unspecified atom stereocenters. The number of nitrogens with zero attached hydrogens (tertiary/aromatic N) is 3. The Kier molecular flexibility index (Phi) is 6.80. The van der Waals surface area contributed by atoms with Gasteiger partial charge in [-0.25, -0.2) is 9.37 Å². The molecule has 8 heteroatoms. The predicted octanol–water partition coefficient (Wildman–Crippen LogP) is 4.51. The summed E-state index contributed by atoms with van der Waals surface area (Å²) in [5.41, 5.74) is 2.00. The van der Waals surface area contributed by atoms with E-state index in [-0.39, 0.29) is 23.8 Å². The molecule has 1 fully saturated rings. The first-order valence-corrected chi connectivity index (χ1v) is 10.0. The molecule has 0 radical (unpaired) electrons. The van der Waals surface area contributed by atoms with Gasteiger partial charge in [-0.1, -0.05) is 11.6 Å². The Morgan fingerprint density at radius 1 is 1.10 bits per heavy atom. The van der Waals surface area contributed by atoms with Crippen molar-refractivity contribution in [2.24, 2.45) is 0 Å². The molecule has 29 heavy (non-hydrogen) atoms. The SMILES string of the molecule is COc1cc(F)c(C(C)N2CCC(Oc3cc(C)nc(C)c3Cl)CC2)nc1OC. The Morgan fingerprint density at radius 3 is 2.41 bits per heavy atom. The Labute approximate surface area is 176 Å². The molecule has 1 saturated heterocycles. The molecule has 1 aliphatic heterocycles. The molecule has 0 spiro atoms. The van der Waals surface area contributed by atoms with Gasteiger partial charge in [0.1, 0.15) is 22.7 Å². The van der Waals surface area contributed by atoms with E-state index in [1.165, 1.54) is 20.3 Å². The standard InChI is InChI=1S/C21H27ClFN3O3/c1-12-10-17(19(22)13(2)24-12)29-15-6-8-26(9-7-15)14(3)20-16(23)11-18(27-4)21(25-20)28-5/h10-11,14-15H,6-9H2,1-5H3. The van der Waals surface area contributed by atoms with Crippen LogP contribution in [0.1, 0.15) is 42.9 Å². The van der Waals surface area contributed by atoms with E-state index in [9.17, 15) is 4.39 Å².